The number of benzene rings is 1. The molecule has 0 saturated carbocycles. The quantitative estimate of drug-likeness (QED) is 0.563. The van der Waals surface area contributed by atoms with E-state index in [0.29, 0.717) is 5.92 Å². The minimum atomic E-state index is 0.670. The molecular weight excluding hydrogens is 156 g/mol. The topological polar surface area (TPSA) is 0 Å². The number of hydrogen-bond acceptors (Lipinski definition) is 0. The molecule has 0 heterocycles. The van der Waals surface area contributed by atoms with E-state index in [2.05, 4.69) is 42.5 Å². The summed E-state index contributed by atoms with van der Waals surface area (Å²) in [5.74, 6) is 0.670. The van der Waals surface area contributed by atoms with Crippen LogP contribution < -0.4 is 0 Å². The van der Waals surface area contributed by atoms with E-state index in [9.17, 15) is 0 Å². The monoisotopic (exact) mass is 172 g/mol. The normalized spacial score (nSPS) is 22.6. The highest BCUT2D eigenvalue weighted by molar-refractivity contribution is 5.24. The van der Waals surface area contributed by atoms with Crippen LogP contribution in [0.15, 0.2) is 42.5 Å². The third-order valence-corrected chi connectivity index (χ3v) is 2.73. The standard InChI is InChI=1S/C13H16/c1-2-5-9-12(8-4-1)13-10-6-3-7-11-13/h3-4,6-8,10-12H,1-2,5,9H2. The molecule has 2 rings (SSSR count). The minimum Gasteiger partial charge on any atom is -0.0879 e. The lowest BCUT2D eigenvalue weighted by molar-refractivity contribution is 0.665. The van der Waals surface area contributed by atoms with Crippen molar-refractivity contribution < 1.29 is 0 Å². The highest BCUT2D eigenvalue weighted by Gasteiger charge is 2.08. The lowest BCUT2D eigenvalue weighted by Gasteiger charge is -2.10. The van der Waals surface area contributed by atoms with E-state index in [1.165, 1.54) is 31.2 Å². The maximum Gasteiger partial charge on any atom is 0.00179 e. The van der Waals surface area contributed by atoms with Crippen LogP contribution in [0.2, 0.25) is 0 Å². The van der Waals surface area contributed by atoms with Crippen molar-refractivity contribution >= 4 is 0 Å². The smallest absolute Gasteiger partial charge is 0.00179 e. The fourth-order valence-electron chi connectivity index (χ4n) is 1.96. The third kappa shape index (κ3) is 2.21. The van der Waals surface area contributed by atoms with Gasteiger partial charge in [0, 0.05) is 5.92 Å². The van der Waals surface area contributed by atoms with E-state index in [1.807, 2.05) is 0 Å². The van der Waals surface area contributed by atoms with Crippen molar-refractivity contribution in [1.29, 1.82) is 0 Å². The van der Waals surface area contributed by atoms with Crippen molar-refractivity contribution in [3.8, 4) is 0 Å². The summed E-state index contributed by atoms with van der Waals surface area (Å²) in [6, 6.07) is 10.8. The van der Waals surface area contributed by atoms with Crippen LogP contribution in [0.1, 0.15) is 37.2 Å². The Morgan fingerprint density at radius 1 is 1.00 bits per heavy atom. The maximum absolute atomic E-state index is 2.38. The number of allylic oxidation sites excluding steroid dienone is 2. The second kappa shape index (κ2) is 4.27. The molecule has 1 aliphatic rings. The van der Waals surface area contributed by atoms with Crippen LogP contribution >= 0.6 is 0 Å². The maximum atomic E-state index is 2.38. The molecule has 0 N–H and O–H groups in total. The fraction of sp³-hybridized carbons (Fsp3) is 0.385. The van der Waals surface area contributed by atoms with Gasteiger partial charge in [0.25, 0.3) is 0 Å². The molecule has 1 aromatic rings. The van der Waals surface area contributed by atoms with Crippen molar-refractivity contribution in [3.63, 3.8) is 0 Å². The molecule has 0 bridgehead atoms. The van der Waals surface area contributed by atoms with Gasteiger partial charge >= 0.3 is 0 Å². The van der Waals surface area contributed by atoms with Crippen LogP contribution in [0.25, 0.3) is 0 Å². The zero-order valence-electron chi connectivity index (χ0n) is 7.95. The third-order valence-electron chi connectivity index (χ3n) is 2.73. The zero-order chi connectivity index (χ0) is 8.93. The van der Waals surface area contributed by atoms with E-state index < -0.39 is 0 Å². The molecule has 1 atom stereocenters. The Hall–Kier alpha value is -1.04. The second-order valence-electron chi connectivity index (χ2n) is 3.73. The lowest BCUT2D eigenvalue weighted by Crippen LogP contribution is -1.92. The summed E-state index contributed by atoms with van der Waals surface area (Å²) in [5.41, 5.74) is 1.47. The highest BCUT2D eigenvalue weighted by atomic mass is 14.1. The summed E-state index contributed by atoms with van der Waals surface area (Å²) in [4.78, 5) is 0. The van der Waals surface area contributed by atoms with Gasteiger partial charge in [0.15, 0.2) is 0 Å². The van der Waals surface area contributed by atoms with Gasteiger partial charge < -0.3 is 0 Å². The fourth-order valence-corrected chi connectivity index (χ4v) is 1.96. The van der Waals surface area contributed by atoms with E-state index >= 15 is 0 Å². The molecule has 68 valence electrons. The molecule has 0 nitrogen and oxygen atoms in total. The minimum absolute atomic E-state index is 0.670. The van der Waals surface area contributed by atoms with Gasteiger partial charge in [-0.05, 0) is 24.8 Å². The van der Waals surface area contributed by atoms with Gasteiger partial charge in [-0.1, -0.05) is 48.9 Å². The Bertz CT molecular complexity index is 271. The molecule has 0 aromatic heterocycles. The largest absolute Gasteiger partial charge is 0.0879 e. The van der Waals surface area contributed by atoms with Crippen molar-refractivity contribution in [1.82, 2.24) is 0 Å². The van der Waals surface area contributed by atoms with Crippen LogP contribution in [-0.4, -0.2) is 0 Å². The summed E-state index contributed by atoms with van der Waals surface area (Å²) in [6.07, 6.45) is 10.0. The molecule has 0 fully saturated rings. The van der Waals surface area contributed by atoms with Gasteiger partial charge in [0.2, 0.25) is 0 Å². The summed E-state index contributed by atoms with van der Waals surface area (Å²) in [5, 5.41) is 0. The Morgan fingerprint density at radius 3 is 2.69 bits per heavy atom. The summed E-state index contributed by atoms with van der Waals surface area (Å²) >= 11 is 0. The van der Waals surface area contributed by atoms with Gasteiger partial charge in [-0.15, -0.1) is 0 Å². The van der Waals surface area contributed by atoms with Crippen LogP contribution in [0.3, 0.4) is 0 Å². The van der Waals surface area contributed by atoms with Crippen molar-refractivity contribution in [2.75, 3.05) is 0 Å². The predicted molar refractivity (Wildman–Crippen MR) is 56.8 cm³/mol. The lowest BCUT2D eigenvalue weighted by atomic mass is 9.95. The average molecular weight is 172 g/mol. The zero-order valence-corrected chi connectivity index (χ0v) is 7.95. The molecular formula is C13H16. The van der Waals surface area contributed by atoms with E-state index in [-0.39, 0.29) is 0 Å². The van der Waals surface area contributed by atoms with Gasteiger partial charge in [-0.3, -0.25) is 0 Å². The Labute approximate surface area is 80.3 Å². The van der Waals surface area contributed by atoms with Crippen molar-refractivity contribution in [3.05, 3.63) is 48.0 Å². The first kappa shape index (κ1) is 8.55. The second-order valence-corrected chi connectivity index (χ2v) is 3.73. The Morgan fingerprint density at radius 2 is 1.85 bits per heavy atom. The van der Waals surface area contributed by atoms with Gasteiger partial charge in [-0.25, -0.2) is 0 Å². The van der Waals surface area contributed by atoms with E-state index in [1.54, 1.807) is 0 Å². The number of rotatable bonds is 1. The first-order valence-electron chi connectivity index (χ1n) is 5.18. The molecule has 1 aliphatic carbocycles. The molecule has 0 saturated heterocycles. The van der Waals surface area contributed by atoms with Crippen LogP contribution in [0.5, 0.6) is 0 Å². The van der Waals surface area contributed by atoms with Crippen LogP contribution in [-0.2, 0) is 0 Å². The molecule has 0 heteroatoms. The SMILES string of the molecule is C1=CC(c2ccccc2)CCCC1. The molecule has 13 heavy (non-hydrogen) atoms. The van der Waals surface area contributed by atoms with Gasteiger partial charge in [0.1, 0.15) is 0 Å². The highest BCUT2D eigenvalue weighted by Crippen LogP contribution is 2.26. The first-order valence-corrected chi connectivity index (χ1v) is 5.18. The molecule has 0 radical (unpaired) electrons. The Balaban J connectivity index is 2.15. The van der Waals surface area contributed by atoms with Crippen LogP contribution in [0, 0.1) is 0 Å². The van der Waals surface area contributed by atoms with Crippen molar-refractivity contribution in [2.24, 2.45) is 0 Å². The summed E-state index contributed by atoms with van der Waals surface area (Å²) < 4.78 is 0. The van der Waals surface area contributed by atoms with Gasteiger partial charge in [-0.2, -0.15) is 0 Å². The van der Waals surface area contributed by atoms with Crippen molar-refractivity contribution in [2.45, 2.75) is 31.6 Å². The average Bonchev–Trinajstić information content (AvgIpc) is 2.47. The molecule has 1 unspecified atom stereocenters. The Kier molecular flexibility index (Phi) is 2.81. The van der Waals surface area contributed by atoms with Gasteiger partial charge in [0.05, 0.1) is 0 Å². The number of hydrogen-bond donors (Lipinski definition) is 0. The van der Waals surface area contributed by atoms with Crippen LogP contribution in [0.4, 0.5) is 0 Å². The molecule has 0 spiro atoms. The molecule has 0 amide bonds. The first-order chi connectivity index (χ1) is 6.47. The summed E-state index contributed by atoms with van der Waals surface area (Å²) in [6.45, 7) is 0. The molecule has 0 aliphatic heterocycles. The molecule has 1 aromatic carbocycles. The van der Waals surface area contributed by atoms with E-state index in [4.69, 9.17) is 0 Å². The predicted octanol–water partition coefficient (Wildman–Crippen LogP) is 3.90. The summed E-state index contributed by atoms with van der Waals surface area (Å²) in [7, 11) is 0. The van der Waals surface area contributed by atoms with E-state index in [0.717, 1.165) is 0 Å².